The third kappa shape index (κ3) is 3.19. The van der Waals surface area contributed by atoms with Crippen LogP contribution in [0.15, 0.2) is 40.8 Å². The fourth-order valence-electron chi connectivity index (χ4n) is 1.57. The molecule has 2 aromatic rings. The van der Waals surface area contributed by atoms with Crippen LogP contribution >= 0.6 is 23.2 Å². The molecule has 0 radical (unpaired) electrons. The van der Waals surface area contributed by atoms with Gasteiger partial charge in [-0.1, -0.05) is 23.7 Å². The molecule has 2 N–H and O–H groups in total. The van der Waals surface area contributed by atoms with Gasteiger partial charge in [0.05, 0.1) is 17.5 Å². The fraction of sp³-hybridized carbons (Fsp3) is 0.231. The van der Waals surface area contributed by atoms with E-state index in [1.54, 1.807) is 18.2 Å². The van der Waals surface area contributed by atoms with Gasteiger partial charge in [0.15, 0.2) is 5.22 Å². The summed E-state index contributed by atoms with van der Waals surface area (Å²) in [6.45, 7) is 0.804. The van der Waals surface area contributed by atoms with Crippen molar-refractivity contribution in [1.82, 2.24) is 0 Å². The van der Waals surface area contributed by atoms with Gasteiger partial charge in [0.25, 0.3) is 0 Å². The molecule has 0 aliphatic heterocycles. The molecule has 96 valence electrons. The van der Waals surface area contributed by atoms with Crippen LogP contribution in [0.3, 0.4) is 0 Å². The summed E-state index contributed by atoms with van der Waals surface area (Å²) in [5.41, 5.74) is 5.70. The highest BCUT2D eigenvalue weighted by atomic mass is 35.5. The second-order valence-electron chi connectivity index (χ2n) is 3.82. The molecule has 1 heterocycles. The summed E-state index contributed by atoms with van der Waals surface area (Å²) in [6.07, 6.45) is 0. The first-order valence-corrected chi connectivity index (χ1v) is 6.29. The standard InChI is InChI=1S/C13H13Cl2NO2/c14-10-3-1-2-4-12(10)17-8-9(7-16)11-5-6-13(15)18-11/h1-6,9H,7-8,16H2. The SMILES string of the molecule is NCC(COc1ccccc1Cl)c1ccc(Cl)o1. The van der Waals surface area contributed by atoms with Gasteiger partial charge in [0.1, 0.15) is 11.5 Å². The Morgan fingerprint density at radius 1 is 1.17 bits per heavy atom. The maximum atomic E-state index is 6.00. The van der Waals surface area contributed by atoms with Crippen molar-refractivity contribution in [2.45, 2.75) is 5.92 Å². The normalized spacial score (nSPS) is 12.4. The first-order valence-electron chi connectivity index (χ1n) is 5.53. The van der Waals surface area contributed by atoms with Crippen molar-refractivity contribution in [3.8, 4) is 5.75 Å². The molecule has 0 spiro atoms. The van der Waals surface area contributed by atoms with E-state index in [-0.39, 0.29) is 5.92 Å². The molecular weight excluding hydrogens is 273 g/mol. The van der Waals surface area contributed by atoms with E-state index in [1.807, 2.05) is 18.2 Å². The summed E-state index contributed by atoms with van der Waals surface area (Å²) in [4.78, 5) is 0. The molecule has 0 bridgehead atoms. The first kappa shape index (κ1) is 13.3. The Labute approximate surface area is 115 Å². The van der Waals surface area contributed by atoms with Crippen LogP contribution in [-0.4, -0.2) is 13.2 Å². The molecule has 0 fully saturated rings. The molecular formula is C13H13Cl2NO2. The van der Waals surface area contributed by atoms with Crippen molar-refractivity contribution in [2.75, 3.05) is 13.2 Å². The summed E-state index contributed by atoms with van der Waals surface area (Å²) >= 11 is 11.7. The molecule has 0 saturated heterocycles. The predicted molar refractivity (Wildman–Crippen MR) is 72.5 cm³/mol. The molecule has 1 unspecified atom stereocenters. The van der Waals surface area contributed by atoms with E-state index in [2.05, 4.69) is 0 Å². The van der Waals surface area contributed by atoms with Crippen molar-refractivity contribution in [2.24, 2.45) is 5.73 Å². The molecule has 1 aromatic heterocycles. The number of nitrogens with two attached hydrogens (primary N) is 1. The van der Waals surface area contributed by atoms with Gasteiger partial charge in [0.2, 0.25) is 0 Å². The zero-order chi connectivity index (χ0) is 13.0. The highest BCUT2D eigenvalue weighted by Crippen LogP contribution is 2.26. The van der Waals surface area contributed by atoms with Gasteiger partial charge in [-0.2, -0.15) is 0 Å². The van der Waals surface area contributed by atoms with Gasteiger partial charge < -0.3 is 14.9 Å². The van der Waals surface area contributed by atoms with Gasteiger partial charge in [-0.25, -0.2) is 0 Å². The molecule has 18 heavy (non-hydrogen) atoms. The Bertz CT molecular complexity index is 513. The van der Waals surface area contributed by atoms with Crippen molar-refractivity contribution >= 4 is 23.2 Å². The van der Waals surface area contributed by atoms with Crippen LogP contribution in [0.4, 0.5) is 0 Å². The lowest BCUT2D eigenvalue weighted by molar-refractivity contribution is 0.273. The average Bonchev–Trinajstić information content (AvgIpc) is 2.79. The van der Waals surface area contributed by atoms with Gasteiger partial charge in [0, 0.05) is 6.54 Å². The monoisotopic (exact) mass is 285 g/mol. The Morgan fingerprint density at radius 3 is 2.56 bits per heavy atom. The number of para-hydroxylation sites is 1. The van der Waals surface area contributed by atoms with Crippen LogP contribution in [-0.2, 0) is 0 Å². The minimum atomic E-state index is -0.0474. The average molecular weight is 286 g/mol. The second-order valence-corrected chi connectivity index (χ2v) is 4.60. The van der Waals surface area contributed by atoms with E-state index in [9.17, 15) is 0 Å². The third-order valence-electron chi connectivity index (χ3n) is 2.56. The van der Waals surface area contributed by atoms with Crippen LogP contribution in [0, 0.1) is 0 Å². The number of hydrogen-bond donors (Lipinski definition) is 1. The van der Waals surface area contributed by atoms with E-state index in [0.29, 0.717) is 29.1 Å². The van der Waals surface area contributed by atoms with Crippen molar-refractivity contribution in [3.05, 3.63) is 52.4 Å². The van der Waals surface area contributed by atoms with Crippen LogP contribution < -0.4 is 10.5 Å². The summed E-state index contributed by atoms with van der Waals surface area (Å²) in [5.74, 6) is 1.30. The molecule has 0 aliphatic carbocycles. The highest BCUT2D eigenvalue weighted by molar-refractivity contribution is 6.32. The minimum Gasteiger partial charge on any atom is -0.491 e. The third-order valence-corrected chi connectivity index (χ3v) is 3.07. The Morgan fingerprint density at radius 2 is 1.94 bits per heavy atom. The van der Waals surface area contributed by atoms with Crippen LogP contribution in [0.2, 0.25) is 10.2 Å². The van der Waals surface area contributed by atoms with Crippen molar-refractivity contribution in [3.63, 3.8) is 0 Å². The molecule has 1 atom stereocenters. The van der Waals surface area contributed by atoms with Crippen LogP contribution in [0.5, 0.6) is 5.75 Å². The molecule has 0 saturated carbocycles. The van der Waals surface area contributed by atoms with Crippen LogP contribution in [0.25, 0.3) is 0 Å². The summed E-state index contributed by atoms with van der Waals surface area (Å²) < 4.78 is 11.0. The smallest absolute Gasteiger partial charge is 0.193 e. The molecule has 0 aliphatic rings. The van der Waals surface area contributed by atoms with Gasteiger partial charge in [-0.15, -0.1) is 0 Å². The lowest BCUT2D eigenvalue weighted by Gasteiger charge is -2.14. The van der Waals surface area contributed by atoms with Gasteiger partial charge >= 0.3 is 0 Å². The topological polar surface area (TPSA) is 48.4 Å². The quantitative estimate of drug-likeness (QED) is 0.911. The minimum absolute atomic E-state index is 0.0474. The van der Waals surface area contributed by atoms with E-state index in [4.69, 9.17) is 38.1 Å². The number of rotatable bonds is 5. The zero-order valence-electron chi connectivity index (χ0n) is 9.61. The maximum absolute atomic E-state index is 6.00. The van der Waals surface area contributed by atoms with E-state index < -0.39 is 0 Å². The molecule has 5 heteroatoms. The van der Waals surface area contributed by atoms with Crippen molar-refractivity contribution < 1.29 is 9.15 Å². The van der Waals surface area contributed by atoms with E-state index in [1.165, 1.54) is 0 Å². The van der Waals surface area contributed by atoms with Crippen LogP contribution in [0.1, 0.15) is 11.7 Å². The van der Waals surface area contributed by atoms with E-state index in [0.717, 1.165) is 5.76 Å². The number of ether oxygens (including phenoxy) is 1. The predicted octanol–water partition coefficient (Wildman–Crippen LogP) is 3.71. The highest BCUT2D eigenvalue weighted by Gasteiger charge is 2.15. The second kappa shape index (κ2) is 6.14. The summed E-state index contributed by atoms with van der Waals surface area (Å²) in [7, 11) is 0. The zero-order valence-corrected chi connectivity index (χ0v) is 11.1. The summed E-state index contributed by atoms with van der Waals surface area (Å²) in [6, 6.07) is 10.8. The Kier molecular flexibility index (Phi) is 4.53. The lowest BCUT2D eigenvalue weighted by Crippen LogP contribution is -2.19. The molecule has 2 rings (SSSR count). The number of benzene rings is 1. The number of halogens is 2. The fourth-order valence-corrected chi connectivity index (χ4v) is 1.91. The largest absolute Gasteiger partial charge is 0.491 e. The summed E-state index contributed by atoms with van der Waals surface area (Å²) in [5, 5.41) is 0.923. The molecule has 1 aromatic carbocycles. The Hall–Kier alpha value is -1.16. The maximum Gasteiger partial charge on any atom is 0.193 e. The van der Waals surface area contributed by atoms with Gasteiger partial charge in [-0.05, 0) is 35.9 Å². The number of furan rings is 1. The lowest BCUT2D eigenvalue weighted by atomic mass is 10.1. The van der Waals surface area contributed by atoms with Gasteiger partial charge in [-0.3, -0.25) is 0 Å². The Balaban J connectivity index is 2.02. The molecule has 3 nitrogen and oxygen atoms in total. The van der Waals surface area contributed by atoms with Crippen molar-refractivity contribution in [1.29, 1.82) is 0 Å². The number of hydrogen-bond acceptors (Lipinski definition) is 3. The van der Waals surface area contributed by atoms with E-state index >= 15 is 0 Å². The molecule has 0 amide bonds. The first-order chi connectivity index (χ1) is 8.70.